The van der Waals surface area contributed by atoms with Crippen LogP contribution in [0.5, 0.6) is 0 Å². The first-order chi connectivity index (χ1) is 10.8. The number of carbonyl (C=O) groups excluding carboxylic acids is 1. The number of rotatable bonds is 2. The molecular weight excluding hydrogens is 312 g/mol. The van der Waals surface area contributed by atoms with Crippen molar-refractivity contribution >= 4 is 27.6 Å². The molecule has 6 heteroatoms. The molecule has 23 heavy (non-hydrogen) atoms. The van der Waals surface area contributed by atoms with Gasteiger partial charge in [0.25, 0.3) is 0 Å². The van der Waals surface area contributed by atoms with Crippen molar-refractivity contribution in [1.29, 1.82) is 0 Å². The van der Waals surface area contributed by atoms with Crippen LogP contribution in [0.2, 0.25) is 0 Å². The highest BCUT2D eigenvalue weighted by molar-refractivity contribution is 7.18. The number of hydrogen-bond acceptors (Lipinski definition) is 5. The summed E-state index contributed by atoms with van der Waals surface area (Å²) in [6.07, 6.45) is 0.491. The maximum absolute atomic E-state index is 12.4. The van der Waals surface area contributed by atoms with E-state index in [4.69, 9.17) is 4.74 Å². The molecule has 0 radical (unpaired) electrons. The fraction of sp³-hybridized carbons (Fsp3) is 0.529. The third-order valence-electron chi connectivity index (χ3n) is 3.86. The van der Waals surface area contributed by atoms with E-state index in [1.165, 1.54) is 11.3 Å². The number of aromatic nitrogens is 1. The number of likely N-dealkylation sites (tertiary alicyclic amines) is 1. The van der Waals surface area contributed by atoms with Crippen LogP contribution < -0.4 is 0 Å². The molecule has 0 saturated carbocycles. The Labute approximate surface area is 139 Å². The summed E-state index contributed by atoms with van der Waals surface area (Å²) in [5, 5.41) is 11.4. The van der Waals surface area contributed by atoms with E-state index in [0.717, 1.165) is 23.1 Å². The summed E-state index contributed by atoms with van der Waals surface area (Å²) in [6, 6.07) is 7.54. The van der Waals surface area contributed by atoms with Crippen molar-refractivity contribution in [2.75, 3.05) is 6.54 Å². The molecule has 1 aliphatic rings. The summed E-state index contributed by atoms with van der Waals surface area (Å²) in [4.78, 5) is 18.5. The summed E-state index contributed by atoms with van der Waals surface area (Å²) in [5.74, 6) is 0. The Hall–Kier alpha value is -1.66. The van der Waals surface area contributed by atoms with Crippen LogP contribution in [0.25, 0.3) is 10.2 Å². The molecule has 1 aliphatic heterocycles. The van der Waals surface area contributed by atoms with E-state index >= 15 is 0 Å². The predicted octanol–water partition coefficient (Wildman–Crippen LogP) is 3.73. The fourth-order valence-corrected chi connectivity index (χ4v) is 3.86. The van der Waals surface area contributed by atoms with Gasteiger partial charge in [-0.3, -0.25) is 0 Å². The van der Waals surface area contributed by atoms with Crippen LogP contribution in [-0.2, 0) is 4.74 Å². The van der Waals surface area contributed by atoms with Gasteiger partial charge in [0.15, 0.2) is 0 Å². The van der Waals surface area contributed by atoms with Crippen molar-refractivity contribution in [1.82, 2.24) is 9.88 Å². The smallest absolute Gasteiger partial charge is 0.410 e. The van der Waals surface area contributed by atoms with Gasteiger partial charge < -0.3 is 14.7 Å². The largest absolute Gasteiger partial charge is 0.444 e. The lowest BCUT2D eigenvalue weighted by Gasteiger charge is -2.30. The normalized spacial score (nSPS) is 20.0. The number of aliphatic hydroxyl groups is 1. The Morgan fingerprint density at radius 3 is 2.87 bits per heavy atom. The van der Waals surface area contributed by atoms with Gasteiger partial charge in [-0.05, 0) is 45.7 Å². The Bertz CT molecular complexity index is 674. The molecule has 3 rings (SSSR count). The van der Waals surface area contributed by atoms with Gasteiger partial charge in [-0.1, -0.05) is 12.1 Å². The van der Waals surface area contributed by atoms with Gasteiger partial charge in [0.1, 0.15) is 16.7 Å². The first-order valence-electron chi connectivity index (χ1n) is 7.88. The van der Waals surface area contributed by atoms with Crippen molar-refractivity contribution in [3.63, 3.8) is 0 Å². The molecule has 0 bridgehead atoms. The Morgan fingerprint density at radius 1 is 1.43 bits per heavy atom. The van der Waals surface area contributed by atoms with Gasteiger partial charge in [0.2, 0.25) is 0 Å². The van der Waals surface area contributed by atoms with E-state index in [1.54, 1.807) is 4.90 Å². The quantitative estimate of drug-likeness (QED) is 0.909. The first-order valence-corrected chi connectivity index (χ1v) is 8.70. The second kappa shape index (κ2) is 6.09. The van der Waals surface area contributed by atoms with E-state index in [-0.39, 0.29) is 12.1 Å². The Kier molecular flexibility index (Phi) is 4.29. The standard InChI is InChI=1S/C17H22N2O3S/c1-17(2,3)22-16(21)19-10-6-8-12(19)14(20)15-18-11-7-4-5-9-13(11)23-15/h4-5,7,9,12,14,20H,6,8,10H2,1-3H3/t12-,14?/m0/s1. The minimum absolute atomic E-state index is 0.273. The number of thiazole rings is 1. The molecule has 1 aromatic heterocycles. The third-order valence-corrected chi connectivity index (χ3v) is 4.96. The average Bonchev–Trinajstić information content (AvgIpc) is 3.11. The van der Waals surface area contributed by atoms with Gasteiger partial charge in [-0.2, -0.15) is 0 Å². The second-order valence-corrected chi connectivity index (χ2v) is 7.91. The summed E-state index contributed by atoms with van der Waals surface area (Å²) in [7, 11) is 0. The molecular formula is C17H22N2O3S. The summed E-state index contributed by atoms with van der Waals surface area (Å²) in [5.41, 5.74) is 0.346. The first kappa shape index (κ1) is 16.2. The zero-order valence-corrected chi connectivity index (χ0v) is 14.5. The van der Waals surface area contributed by atoms with E-state index in [0.29, 0.717) is 11.6 Å². The van der Waals surface area contributed by atoms with E-state index < -0.39 is 11.7 Å². The van der Waals surface area contributed by atoms with Crippen molar-refractivity contribution < 1.29 is 14.6 Å². The van der Waals surface area contributed by atoms with Gasteiger partial charge in [0, 0.05) is 6.54 Å². The Morgan fingerprint density at radius 2 is 2.17 bits per heavy atom. The summed E-state index contributed by atoms with van der Waals surface area (Å²) >= 11 is 1.48. The number of benzene rings is 1. The lowest BCUT2D eigenvalue weighted by atomic mass is 10.1. The SMILES string of the molecule is CC(C)(C)OC(=O)N1CCC[C@H]1C(O)c1nc2ccccc2s1. The zero-order chi connectivity index (χ0) is 16.6. The minimum atomic E-state index is -0.776. The summed E-state index contributed by atoms with van der Waals surface area (Å²) in [6.45, 7) is 6.15. The predicted molar refractivity (Wildman–Crippen MR) is 90.5 cm³/mol. The van der Waals surface area contributed by atoms with Crippen LogP contribution in [0.15, 0.2) is 24.3 Å². The van der Waals surface area contributed by atoms with Crippen molar-refractivity contribution in [2.24, 2.45) is 0 Å². The molecule has 1 N–H and O–H groups in total. The number of carbonyl (C=O) groups is 1. The molecule has 2 heterocycles. The number of fused-ring (bicyclic) bond motifs is 1. The van der Waals surface area contributed by atoms with Crippen LogP contribution >= 0.6 is 11.3 Å². The monoisotopic (exact) mass is 334 g/mol. The topological polar surface area (TPSA) is 62.7 Å². The molecule has 1 unspecified atom stereocenters. The molecule has 2 aromatic rings. The van der Waals surface area contributed by atoms with E-state index in [1.807, 2.05) is 45.0 Å². The molecule has 0 aliphatic carbocycles. The van der Waals surface area contributed by atoms with Gasteiger partial charge >= 0.3 is 6.09 Å². The highest BCUT2D eigenvalue weighted by atomic mass is 32.1. The number of amides is 1. The van der Waals surface area contributed by atoms with E-state index in [2.05, 4.69) is 4.98 Å². The summed E-state index contributed by atoms with van der Waals surface area (Å²) < 4.78 is 6.50. The number of hydrogen-bond donors (Lipinski definition) is 1. The molecule has 1 aromatic carbocycles. The lowest BCUT2D eigenvalue weighted by molar-refractivity contribution is 0.00491. The number of ether oxygens (including phenoxy) is 1. The molecule has 2 atom stereocenters. The van der Waals surface area contributed by atoms with Crippen molar-refractivity contribution in [3.05, 3.63) is 29.3 Å². The molecule has 1 amide bonds. The highest BCUT2D eigenvalue weighted by Crippen LogP contribution is 2.34. The van der Waals surface area contributed by atoms with Crippen molar-refractivity contribution in [2.45, 2.75) is 51.4 Å². The van der Waals surface area contributed by atoms with Crippen LogP contribution in [0, 0.1) is 0 Å². The van der Waals surface area contributed by atoms with E-state index in [9.17, 15) is 9.90 Å². The van der Waals surface area contributed by atoms with Crippen LogP contribution in [0.4, 0.5) is 4.79 Å². The third kappa shape index (κ3) is 3.48. The highest BCUT2D eigenvalue weighted by Gasteiger charge is 2.38. The molecule has 1 saturated heterocycles. The second-order valence-electron chi connectivity index (χ2n) is 6.85. The number of para-hydroxylation sites is 1. The minimum Gasteiger partial charge on any atom is -0.444 e. The molecule has 5 nitrogen and oxygen atoms in total. The average molecular weight is 334 g/mol. The maximum atomic E-state index is 12.4. The molecule has 1 fully saturated rings. The fourth-order valence-electron chi connectivity index (χ4n) is 2.85. The molecule has 0 spiro atoms. The van der Waals surface area contributed by atoms with Crippen molar-refractivity contribution in [3.8, 4) is 0 Å². The van der Waals surface area contributed by atoms with Gasteiger partial charge in [-0.25, -0.2) is 9.78 Å². The van der Waals surface area contributed by atoms with Crippen LogP contribution in [0.3, 0.4) is 0 Å². The van der Waals surface area contributed by atoms with Crippen LogP contribution in [0.1, 0.15) is 44.7 Å². The Balaban J connectivity index is 1.80. The van der Waals surface area contributed by atoms with Gasteiger partial charge in [-0.15, -0.1) is 11.3 Å². The molecule has 124 valence electrons. The number of aliphatic hydroxyl groups excluding tert-OH is 1. The van der Waals surface area contributed by atoms with Crippen LogP contribution in [-0.4, -0.2) is 39.3 Å². The van der Waals surface area contributed by atoms with Gasteiger partial charge in [0.05, 0.1) is 16.3 Å². The lowest BCUT2D eigenvalue weighted by Crippen LogP contribution is -2.42. The maximum Gasteiger partial charge on any atom is 0.410 e. The zero-order valence-electron chi connectivity index (χ0n) is 13.7. The number of nitrogens with zero attached hydrogens (tertiary/aromatic N) is 2.